The number of carbonyl (C=O) groups is 1. The number of rotatable bonds is 9. The minimum atomic E-state index is 0.00106. The Labute approximate surface area is 186 Å². The molecule has 0 aromatic carbocycles. The first-order valence-electron chi connectivity index (χ1n) is 12.6. The van der Waals surface area contributed by atoms with Crippen LogP contribution in [0, 0.1) is 23.7 Å². The average molecular weight is 430 g/mol. The van der Waals surface area contributed by atoms with Gasteiger partial charge in [-0.25, -0.2) is 4.68 Å². The molecule has 5 fully saturated rings. The van der Waals surface area contributed by atoms with Gasteiger partial charge >= 0.3 is 0 Å². The molecule has 0 radical (unpaired) electrons. The highest BCUT2D eigenvalue weighted by atomic mass is 16.5. The molecule has 5 aliphatic rings. The van der Waals surface area contributed by atoms with E-state index in [9.17, 15) is 4.79 Å². The zero-order chi connectivity index (χ0) is 21.2. The van der Waals surface area contributed by atoms with Crippen molar-refractivity contribution in [3.63, 3.8) is 0 Å². The minimum Gasteiger partial charge on any atom is -0.477 e. The zero-order valence-electron chi connectivity index (χ0n) is 18.9. The van der Waals surface area contributed by atoms with Crippen molar-refractivity contribution >= 4 is 5.91 Å². The molecule has 2 heterocycles. The topological polar surface area (TPSA) is 80.2 Å². The van der Waals surface area contributed by atoms with Crippen molar-refractivity contribution in [3.8, 4) is 5.88 Å². The number of piperidine rings is 1. The molecular weight excluding hydrogens is 390 g/mol. The Morgan fingerprint density at radius 1 is 1.16 bits per heavy atom. The lowest BCUT2D eigenvalue weighted by Gasteiger charge is -2.54. The van der Waals surface area contributed by atoms with Crippen molar-refractivity contribution < 1.29 is 9.53 Å². The normalized spacial score (nSPS) is 32.4. The largest absolute Gasteiger partial charge is 0.477 e. The molecule has 7 nitrogen and oxygen atoms in total. The highest BCUT2D eigenvalue weighted by molar-refractivity contribution is 5.96. The Kier molecular flexibility index (Phi) is 6.51. The molecule has 1 aromatic rings. The van der Waals surface area contributed by atoms with Gasteiger partial charge in [-0.2, -0.15) is 5.10 Å². The first kappa shape index (κ1) is 21.3. The Balaban J connectivity index is 1.23. The summed E-state index contributed by atoms with van der Waals surface area (Å²) in [5, 5.41) is 15.0. The number of aromatic nitrogens is 2. The summed E-state index contributed by atoms with van der Waals surface area (Å²) in [4.78, 5) is 13.3. The van der Waals surface area contributed by atoms with Gasteiger partial charge < -0.3 is 20.7 Å². The van der Waals surface area contributed by atoms with Crippen LogP contribution in [0.1, 0.15) is 68.6 Å². The number of hydrogen-bond donors (Lipinski definition) is 3. The van der Waals surface area contributed by atoms with Gasteiger partial charge in [0.1, 0.15) is 5.56 Å². The van der Waals surface area contributed by atoms with Gasteiger partial charge in [-0.3, -0.25) is 4.79 Å². The van der Waals surface area contributed by atoms with Crippen molar-refractivity contribution in [2.75, 3.05) is 26.2 Å². The molecule has 31 heavy (non-hydrogen) atoms. The van der Waals surface area contributed by atoms with E-state index in [0.717, 1.165) is 50.7 Å². The fourth-order valence-corrected chi connectivity index (χ4v) is 6.83. The fraction of sp³-hybridized carbons (Fsp3) is 0.833. The molecule has 0 spiro atoms. The summed E-state index contributed by atoms with van der Waals surface area (Å²) in [6.45, 7) is 6.41. The molecule has 6 rings (SSSR count). The van der Waals surface area contributed by atoms with Crippen LogP contribution < -0.4 is 20.7 Å². The Hall–Kier alpha value is -1.60. The number of hydrogen-bond acceptors (Lipinski definition) is 5. The number of ether oxygens (including phenoxy) is 1. The van der Waals surface area contributed by atoms with Gasteiger partial charge in [-0.15, -0.1) is 0 Å². The predicted molar refractivity (Wildman–Crippen MR) is 120 cm³/mol. The Morgan fingerprint density at radius 3 is 2.55 bits per heavy atom. The van der Waals surface area contributed by atoms with Crippen molar-refractivity contribution in [2.24, 2.45) is 23.7 Å². The molecule has 0 unspecified atom stereocenters. The van der Waals surface area contributed by atoms with Crippen LogP contribution in [0.15, 0.2) is 6.20 Å². The third-order valence-electron chi connectivity index (χ3n) is 8.10. The molecular formula is C24H39N5O2. The molecule has 4 saturated carbocycles. The highest BCUT2D eigenvalue weighted by Gasteiger charge is 2.48. The molecule has 1 aromatic heterocycles. The van der Waals surface area contributed by atoms with Crippen molar-refractivity contribution in [1.29, 1.82) is 0 Å². The first-order valence-corrected chi connectivity index (χ1v) is 12.6. The smallest absolute Gasteiger partial charge is 0.258 e. The van der Waals surface area contributed by atoms with Gasteiger partial charge in [-0.05, 0) is 88.1 Å². The fourth-order valence-electron chi connectivity index (χ4n) is 6.83. The summed E-state index contributed by atoms with van der Waals surface area (Å²) in [6, 6.07) is 0.903. The lowest BCUT2D eigenvalue weighted by molar-refractivity contribution is -0.0120. The zero-order valence-corrected chi connectivity index (χ0v) is 18.9. The summed E-state index contributed by atoms with van der Waals surface area (Å²) in [6.07, 6.45) is 11.6. The van der Waals surface area contributed by atoms with E-state index in [1.54, 1.807) is 6.20 Å². The second-order valence-corrected chi connectivity index (χ2v) is 10.3. The average Bonchev–Trinajstić information content (AvgIpc) is 3.17. The predicted octanol–water partition coefficient (Wildman–Crippen LogP) is 2.57. The number of carbonyl (C=O) groups excluding carboxylic acids is 1. The molecule has 1 aliphatic heterocycles. The van der Waals surface area contributed by atoms with E-state index in [2.05, 4.69) is 28.0 Å². The van der Waals surface area contributed by atoms with Crippen LogP contribution in [-0.4, -0.2) is 54.0 Å². The monoisotopic (exact) mass is 429 g/mol. The summed E-state index contributed by atoms with van der Waals surface area (Å²) >= 11 is 0. The van der Waals surface area contributed by atoms with Gasteiger partial charge in [0, 0.05) is 18.6 Å². The lowest BCUT2D eigenvalue weighted by atomic mass is 9.54. The van der Waals surface area contributed by atoms with Gasteiger partial charge in [0.05, 0.1) is 19.3 Å². The Bertz CT molecular complexity index is 729. The molecule has 0 atom stereocenters. The van der Waals surface area contributed by atoms with E-state index in [0.29, 0.717) is 48.5 Å². The Morgan fingerprint density at radius 2 is 1.87 bits per heavy atom. The molecule has 3 N–H and O–H groups in total. The van der Waals surface area contributed by atoms with Gasteiger partial charge in [0.15, 0.2) is 0 Å². The summed E-state index contributed by atoms with van der Waals surface area (Å²) in [5.74, 6) is 3.80. The summed E-state index contributed by atoms with van der Waals surface area (Å²) in [5.41, 5.74) is 0.601. The van der Waals surface area contributed by atoms with Crippen LogP contribution in [0.2, 0.25) is 0 Å². The molecule has 4 aliphatic carbocycles. The minimum absolute atomic E-state index is 0.00106. The van der Waals surface area contributed by atoms with E-state index < -0.39 is 0 Å². The molecule has 4 bridgehead atoms. The van der Waals surface area contributed by atoms with E-state index in [1.807, 2.05) is 4.68 Å². The van der Waals surface area contributed by atoms with Crippen LogP contribution in [0.4, 0.5) is 0 Å². The quantitative estimate of drug-likeness (QED) is 0.562. The second-order valence-electron chi connectivity index (χ2n) is 10.3. The highest BCUT2D eigenvalue weighted by Crippen LogP contribution is 2.53. The first-order chi connectivity index (χ1) is 15.2. The number of amides is 1. The van der Waals surface area contributed by atoms with Crippen molar-refractivity contribution in [2.45, 2.75) is 76.9 Å². The van der Waals surface area contributed by atoms with Gasteiger partial charge in [-0.1, -0.05) is 6.92 Å². The lowest BCUT2D eigenvalue weighted by Crippen LogP contribution is -2.55. The van der Waals surface area contributed by atoms with E-state index >= 15 is 0 Å². The van der Waals surface area contributed by atoms with E-state index in [4.69, 9.17) is 4.74 Å². The maximum atomic E-state index is 13.3. The van der Waals surface area contributed by atoms with Crippen LogP contribution in [0.25, 0.3) is 0 Å². The molecule has 172 valence electrons. The molecule has 1 amide bonds. The SMILES string of the molecule is CCCOc1c(C(=O)NC2C3CC4CC(C3)CC2C4)cnn1CCNC1CCNCC1. The second kappa shape index (κ2) is 9.49. The molecule has 1 saturated heterocycles. The van der Waals surface area contributed by atoms with Crippen LogP contribution in [-0.2, 0) is 6.54 Å². The summed E-state index contributed by atoms with van der Waals surface area (Å²) < 4.78 is 7.90. The van der Waals surface area contributed by atoms with Gasteiger partial charge in [0.25, 0.3) is 5.91 Å². The van der Waals surface area contributed by atoms with Crippen LogP contribution in [0.5, 0.6) is 5.88 Å². The van der Waals surface area contributed by atoms with Gasteiger partial charge in [0.2, 0.25) is 5.88 Å². The number of nitrogens with zero attached hydrogens (tertiary/aromatic N) is 2. The van der Waals surface area contributed by atoms with Crippen LogP contribution in [0.3, 0.4) is 0 Å². The molecule has 7 heteroatoms. The maximum absolute atomic E-state index is 13.3. The van der Waals surface area contributed by atoms with E-state index in [1.165, 1.54) is 32.1 Å². The van der Waals surface area contributed by atoms with Crippen LogP contribution >= 0.6 is 0 Å². The van der Waals surface area contributed by atoms with E-state index in [-0.39, 0.29) is 5.91 Å². The standard InChI is InChI=1S/C24H39N5O2/c1-2-9-31-24-21(15-27-29(24)8-7-26-20-3-5-25-6-4-20)23(30)28-22-18-11-16-10-17(13-18)14-19(22)12-16/h15-20,22,25-26H,2-14H2,1H3,(H,28,30). The van der Waals surface area contributed by atoms with Crippen molar-refractivity contribution in [1.82, 2.24) is 25.7 Å². The number of nitrogens with one attached hydrogen (secondary N) is 3. The third-order valence-corrected chi connectivity index (χ3v) is 8.10. The van der Waals surface area contributed by atoms with Crippen molar-refractivity contribution in [3.05, 3.63) is 11.8 Å². The summed E-state index contributed by atoms with van der Waals surface area (Å²) in [7, 11) is 0. The maximum Gasteiger partial charge on any atom is 0.258 e. The third kappa shape index (κ3) is 4.63.